The predicted molar refractivity (Wildman–Crippen MR) is 75.6 cm³/mol. The number of hydrogen-bond acceptors (Lipinski definition) is 5. The molecular formula is C15H13NO3S. The Bertz CT molecular complexity index is 718. The van der Waals surface area contributed by atoms with E-state index in [0.717, 1.165) is 22.6 Å². The second kappa shape index (κ2) is 4.83. The van der Waals surface area contributed by atoms with Gasteiger partial charge in [-0.05, 0) is 44.0 Å². The molecule has 0 aliphatic heterocycles. The summed E-state index contributed by atoms with van der Waals surface area (Å²) in [5.74, 6) is 0.248. The maximum absolute atomic E-state index is 12.1. The fourth-order valence-electron chi connectivity index (χ4n) is 2.37. The zero-order valence-electron chi connectivity index (χ0n) is 11.2. The van der Waals surface area contributed by atoms with Crippen LogP contribution in [-0.2, 0) is 6.42 Å². The number of carbonyl (C=O) groups excluding carboxylic acids is 2. The zero-order valence-corrected chi connectivity index (χ0v) is 12.0. The molecule has 1 aliphatic carbocycles. The third kappa shape index (κ3) is 2.25. The van der Waals surface area contributed by atoms with Gasteiger partial charge in [0.1, 0.15) is 10.6 Å². The van der Waals surface area contributed by atoms with E-state index in [1.165, 1.54) is 11.3 Å². The van der Waals surface area contributed by atoms with E-state index in [1.807, 2.05) is 6.92 Å². The number of fused-ring (bicyclic) bond motifs is 1. The quantitative estimate of drug-likeness (QED) is 0.629. The van der Waals surface area contributed by atoms with Crippen molar-refractivity contribution in [3.63, 3.8) is 0 Å². The molecule has 0 radical (unpaired) electrons. The van der Waals surface area contributed by atoms with Crippen molar-refractivity contribution in [2.45, 2.75) is 26.7 Å². The highest BCUT2D eigenvalue weighted by atomic mass is 32.1. The minimum absolute atomic E-state index is 0.159. The number of aryl methyl sites for hydroxylation is 3. The zero-order chi connectivity index (χ0) is 14.3. The van der Waals surface area contributed by atoms with Gasteiger partial charge >= 0.3 is 5.97 Å². The lowest BCUT2D eigenvalue weighted by molar-refractivity contribution is 0.0738. The van der Waals surface area contributed by atoms with Gasteiger partial charge in [-0.2, -0.15) is 0 Å². The van der Waals surface area contributed by atoms with Gasteiger partial charge in [0.2, 0.25) is 0 Å². The number of carbonyl (C=O) groups is 2. The summed E-state index contributed by atoms with van der Waals surface area (Å²) in [4.78, 5) is 28.4. The van der Waals surface area contributed by atoms with Crippen LogP contribution in [0.15, 0.2) is 18.2 Å². The van der Waals surface area contributed by atoms with Crippen molar-refractivity contribution in [2.75, 3.05) is 0 Å². The molecule has 20 heavy (non-hydrogen) atoms. The smallest absolute Gasteiger partial charge is 0.355 e. The van der Waals surface area contributed by atoms with E-state index in [2.05, 4.69) is 4.98 Å². The molecule has 0 fully saturated rings. The number of rotatable bonds is 2. The first-order valence-electron chi connectivity index (χ1n) is 6.37. The molecule has 1 aromatic carbocycles. The van der Waals surface area contributed by atoms with Gasteiger partial charge in [0.15, 0.2) is 5.78 Å². The number of nitrogens with zero attached hydrogens (tertiary/aromatic N) is 1. The van der Waals surface area contributed by atoms with Gasteiger partial charge < -0.3 is 4.74 Å². The molecule has 2 aromatic rings. The Labute approximate surface area is 120 Å². The summed E-state index contributed by atoms with van der Waals surface area (Å²) in [6, 6.07) is 5.18. The molecule has 0 saturated heterocycles. The van der Waals surface area contributed by atoms with Gasteiger partial charge in [-0.25, -0.2) is 9.78 Å². The highest BCUT2D eigenvalue weighted by Crippen LogP contribution is 2.27. The molecule has 0 amide bonds. The maximum Gasteiger partial charge on any atom is 0.355 e. The summed E-state index contributed by atoms with van der Waals surface area (Å²) in [5.41, 5.74) is 2.39. The Morgan fingerprint density at radius 1 is 1.30 bits per heavy atom. The van der Waals surface area contributed by atoms with E-state index in [9.17, 15) is 9.59 Å². The summed E-state index contributed by atoms with van der Waals surface area (Å²) < 4.78 is 5.38. The van der Waals surface area contributed by atoms with Crippen LogP contribution in [0.3, 0.4) is 0 Å². The maximum atomic E-state index is 12.1. The topological polar surface area (TPSA) is 56.3 Å². The minimum atomic E-state index is -0.391. The molecule has 102 valence electrons. The van der Waals surface area contributed by atoms with Crippen LogP contribution in [0.25, 0.3) is 0 Å². The van der Waals surface area contributed by atoms with Crippen LogP contribution in [0.4, 0.5) is 0 Å². The Morgan fingerprint density at radius 3 is 2.80 bits per heavy atom. The van der Waals surface area contributed by atoms with Crippen LogP contribution in [-0.4, -0.2) is 16.7 Å². The van der Waals surface area contributed by atoms with Crippen molar-refractivity contribution >= 4 is 23.1 Å². The van der Waals surface area contributed by atoms with Gasteiger partial charge in [-0.15, -0.1) is 11.3 Å². The lowest BCUT2D eigenvalue weighted by Gasteiger charge is -2.05. The van der Waals surface area contributed by atoms with Gasteiger partial charge in [-0.1, -0.05) is 0 Å². The highest BCUT2D eigenvalue weighted by Gasteiger charge is 2.21. The second-order valence-corrected chi connectivity index (χ2v) is 5.98. The first kappa shape index (κ1) is 13.0. The summed E-state index contributed by atoms with van der Waals surface area (Å²) in [6.45, 7) is 3.65. The molecule has 0 N–H and O–H groups in total. The second-order valence-electron chi connectivity index (χ2n) is 4.78. The number of ketones is 1. The van der Waals surface area contributed by atoms with Gasteiger partial charge in [-0.3, -0.25) is 4.79 Å². The first-order valence-corrected chi connectivity index (χ1v) is 7.18. The fourth-order valence-corrected chi connectivity index (χ4v) is 3.17. The molecule has 0 bridgehead atoms. The number of ether oxygens (including phenoxy) is 1. The van der Waals surface area contributed by atoms with Gasteiger partial charge in [0.25, 0.3) is 0 Å². The Hall–Kier alpha value is -2.01. The van der Waals surface area contributed by atoms with Crippen LogP contribution < -0.4 is 4.74 Å². The summed E-state index contributed by atoms with van der Waals surface area (Å²) in [5, 5.41) is 0.842. The molecule has 0 atom stereocenters. The van der Waals surface area contributed by atoms with Crippen molar-refractivity contribution in [3.05, 3.63) is 44.9 Å². The van der Waals surface area contributed by atoms with Crippen LogP contribution in [0, 0.1) is 13.8 Å². The lowest BCUT2D eigenvalue weighted by Crippen LogP contribution is -2.08. The molecule has 3 rings (SSSR count). The minimum Gasteiger partial charge on any atom is -0.422 e. The monoisotopic (exact) mass is 287 g/mol. The van der Waals surface area contributed by atoms with E-state index in [-0.39, 0.29) is 5.78 Å². The molecule has 0 saturated carbocycles. The van der Waals surface area contributed by atoms with Crippen molar-refractivity contribution in [1.82, 2.24) is 4.98 Å². The number of esters is 1. The van der Waals surface area contributed by atoms with Gasteiger partial charge in [0.05, 0.1) is 10.7 Å². The first-order chi connectivity index (χ1) is 9.54. The Morgan fingerprint density at radius 2 is 2.10 bits per heavy atom. The lowest BCUT2D eigenvalue weighted by atomic mass is 10.1. The molecule has 1 aliphatic rings. The van der Waals surface area contributed by atoms with Crippen molar-refractivity contribution in [3.8, 4) is 5.75 Å². The number of thiazole rings is 1. The predicted octanol–water partition coefficient (Wildman–Crippen LogP) is 3.11. The number of hydrogen-bond donors (Lipinski definition) is 0. The fraction of sp³-hybridized carbons (Fsp3) is 0.267. The van der Waals surface area contributed by atoms with E-state index in [4.69, 9.17) is 4.74 Å². The molecule has 1 heterocycles. The van der Waals surface area contributed by atoms with Crippen LogP contribution >= 0.6 is 11.3 Å². The third-order valence-corrected chi connectivity index (χ3v) is 4.35. The van der Waals surface area contributed by atoms with E-state index in [1.54, 1.807) is 25.1 Å². The van der Waals surface area contributed by atoms with Crippen LogP contribution in [0.5, 0.6) is 5.75 Å². The average molecular weight is 287 g/mol. The number of Topliss-reactive ketones (excluding diaryl/α,β-unsaturated/α-hetero) is 1. The van der Waals surface area contributed by atoms with Crippen molar-refractivity contribution < 1.29 is 14.3 Å². The molecule has 0 unspecified atom stereocenters. The Balaban J connectivity index is 1.83. The molecule has 4 nitrogen and oxygen atoms in total. The average Bonchev–Trinajstić information content (AvgIpc) is 2.93. The molecule has 1 aromatic heterocycles. The Kier molecular flexibility index (Phi) is 3.14. The van der Waals surface area contributed by atoms with Crippen LogP contribution in [0.2, 0.25) is 0 Å². The summed E-state index contributed by atoms with van der Waals surface area (Å²) in [7, 11) is 0. The number of benzene rings is 1. The normalized spacial score (nSPS) is 13.4. The standard InChI is InChI=1S/C15H13NO3S/c1-8-14(20-9(2)16-8)15(18)19-11-4-5-12-10(7-11)3-6-13(12)17/h4-5,7H,3,6H2,1-2H3. The molecule has 0 spiro atoms. The largest absolute Gasteiger partial charge is 0.422 e. The van der Waals surface area contributed by atoms with E-state index in [0.29, 0.717) is 22.7 Å². The molecule has 5 heteroatoms. The van der Waals surface area contributed by atoms with E-state index < -0.39 is 5.97 Å². The third-order valence-electron chi connectivity index (χ3n) is 3.30. The van der Waals surface area contributed by atoms with Crippen molar-refractivity contribution in [2.24, 2.45) is 0 Å². The summed E-state index contributed by atoms with van der Waals surface area (Å²) >= 11 is 1.33. The van der Waals surface area contributed by atoms with Crippen molar-refractivity contribution in [1.29, 1.82) is 0 Å². The van der Waals surface area contributed by atoms with Gasteiger partial charge in [0, 0.05) is 12.0 Å². The number of aromatic nitrogens is 1. The highest BCUT2D eigenvalue weighted by molar-refractivity contribution is 7.13. The van der Waals surface area contributed by atoms with Crippen LogP contribution in [0.1, 0.15) is 42.7 Å². The SMILES string of the molecule is Cc1nc(C)c(C(=O)Oc2ccc3c(c2)CCC3=O)s1. The van der Waals surface area contributed by atoms with E-state index >= 15 is 0 Å². The summed E-state index contributed by atoms with van der Waals surface area (Å²) in [6.07, 6.45) is 1.26. The molecular weight excluding hydrogens is 274 g/mol.